The number of carbonyl (C=O) groups excluding carboxylic acids is 2. The van der Waals surface area contributed by atoms with Gasteiger partial charge in [-0.3, -0.25) is 4.79 Å². The number of carbonyl (C=O) groups is 2. The molecule has 1 saturated heterocycles. The molecule has 1 aromatic carbocycles. The number of aromatic amines is 1. The fourth-order valence-electron chi connectivity index (χ4n) is 3.41. The van der Waals surface area contributed by atoms with Crippen LogP contribution in [0.25, 0.3) is 0 Å². The highest BCUT2D eigenvalue weighted by Gasteiger charge is 2.45. The van der Waals surface area contributed by atoms with Crippen molar-refractivity contribution in [2.75, 3.05) is 13.1 Å². The highest BCUT2D eigenvalue weighted by atomic mass is 19.4. The molecule has 8 nitrogen and oxygen atoms in total. The number of hydrogen-bond donors (Lipinski definition) is 2. The monoisotopic (exact) mass is 439 g/mol. The number of nitrogens with one attached hydrogen (secondary N) is 2. The molecule has 2 aromatic rings. The fourth-order valence-corrected chi connectivity index (χ4v) is 3.41. The minimum absolute atomic E-state index is 0.106. The van der Waals surface area contributed by atoms with Crippen LogP contribution in [0.2, 0.25) is 0 Å². The molecule has 0 spiro atoms. The van der Waals surface area contributed by atoms with Gasteiger partial charge in [-0.25, -0.2) is 4.79 Å². The largest absolute Gasteiger partial charge is 0.431 e. The second-order valence-electron chi connectivity index (χ2n) is 7.36. The van der Waals surface area contributed by atoms with E-state index in [0.29, 0.717) is 32.1 Å². The minimum atomic E-state index is -4.71. The molecule has 1 atom stereocenters. The molecule has 2 heterocycles. The van der Waals surface area contributed by atoms with Crippen LogP contribution in [0.15, 0.2) is 36.5 Å². The van der Waals surface area contributed by atoms with Crippen molar-refractivity contribution in [1.82, 2.24) is 25.6 Å². The molecule has 0 bridgehead atoms. The summed E-state index contributed by atoms with van der Waals surface area (Å²) < 4.78 is 44.9. The maximum Gasteiger partial charge on any atom is 0.429 e. The molecule has 0 radical (unpaired) electrons. The van der Waals surface area contributed by atoms with Gasteiger partial charge < -0.3 is 15.0 Å². The summed E-state index contributed by atoms with van der Waals surface area (Å²) >= 11 is 0. The summed E-state index contributed by atoms with van der Waals surface area (Å²) in [6.45, 7) is 0.421. The molecule has 0 aliphatic carbocycles. The van der Waals surface area contributed by atoms with E-state index in [-0.39, 0.29) is 30.6 Å². The number of aryl methyl sites for hydroxylation is 1. The van der Waals surface area contributed by atoms with E-state index in [1.54, 1.807) is 12.3 Å². The number of nitrogens with zero attached hydrogens (tertiary/aromatic N) is 3. The molecule has 31 heavy (non-hydrogen) atoms. The van der Waals surface area contributed by atoms with Gasteiger partial charge in [0, 0.05) is 31.1 Å². The maximum absolute atomic E-state index is 13.4. The lowest BCUT2D eigenvalue weighted by molar-refractivity contribution is -0.209. The molecule has 168 valence electrons. The molecule has 1 fully saturated rings. The Labute approximate surface area is 177 Å². The number of halogens is 3. The Morgan fingerprint density at radius 2 is 1.94 bits per heavy atom. The Morgan fingerprint density at radius 1 is 1.23 bits per heavy atom. The molecule has 1 aromatic heterocycles. The zero-order valence-corrected chi connectivity index (χ0v) is 16.8. The Bertz CT molecular complexity index is 838. The van der Waals surface area contributed by atoms with Crippen molar-refractivity contribution in [3.63, 3.8) is 0 Å². The fraction of sp³-hybridized carbons (Fsp3) is 0.500. The van der Waals surface area contributed by atoms with Gasteiger partial charge in [0.2, 0.25) is 12.0 Å². The lowest BCUT2D eigenvalue weighted by Crippen LogP contribution is -2.47. The lowest BCUT2D eigenvalue weighted by Gasteiger charge is -2.33. The predicted octanol–water partition coefficient (Wildman–Crippen LogP) is 3.15. The molecule has 3 rings (SSSR count). The topological polar surface area (TPSA) is 100 Å². The van der Waals surface area contributed by atoms with Crippen LogP contribution < -0.4 is 5.32 Å². The third-order valence-corrected chi connectivity index (χ3v) is 5.04. The van der Waals surface area contributed by atoms with E-state index in [1.807, 2.05) is 0 Å². The summed E-state index contributed by atoms with van der Waals surface area (Å²) in [7, 11) is 0. The van der Waals surface area contributed by atoms with Crippen molar-refractivity contribution in [2.24, 2.45) is 0 Å². The third kappa shape index (κ3) is 6.69. The van der Waals surface area contributed by atoms with E-state index in [1.165, 1.54) is 29.2 Å². The Balaban J connectivity index is 1.43. The second-order valence-corrected chi connectivity index (χ2v) is 7.36. The summed E-state index contributed by atoms with van der Waals surface area (Å²) in [4.78, 5) is 25.6. The highest BCUT2D eigenvalue weighted by Crippen LogP contribution is 2.36. The van der Waals surface area contributed by atoms with Crippen molar-refractivity contribution in [1.29, 1.82) is 0 Å². The predicted molar refractivity (Wildman–Crippen MR) is 104 cm³/mol. The van der Waals surface area contributed by atoms with E-state index in [2.05, 4.69) is 20.7 Å². The molecule has 0 saturated carbocycles. The number of hydrogen-bond acceptors (Lipinski definition) is 5. The number of benzene rings is 1. The Hall–Kier alpha value is -3.11. The molecule has 1 aliphatic heterocycles. The summed E-state index contributed by atoms with van der Waals surface area (Å²) in [5.41, 5.74) is 0.656. The number of aromatic nitrogens is 3. The SMILES string of the molecule is O=C(CCCc1cn[nH]n1)NC1CCN(C(=O)OC(c2ccccc2)C(F)(F)F)CC1. The van der Waals surface area contributed by atoms with Gasteiger partial charge in [-0.05, 0) is 25.7 Å². The average Bonchev–Trinajstić information content (AvgIpc) is 3.25. The molecule has 1 unspecified atom stereocenters. The number of likely N-dealkylation sites (tertiary alicyclic amines) is 1. The number of H-pyrrole nitrogens is 1. The van der Waals surface area contributed by atoms with Crippen LogP contribution in [0.1, 0.15) is 43.0 Å². The summed E-state index contributed by atoms with van der Waals surface area (Å²) in [5.74, 6) is -0.106. The molecule has 2 N–H and O–H groups in total. The van der Waals surface area contributed by atoms with E-state index in [4.69, 9.17) is 4.74 Å². The standard InChI is InChI=1S/C20H24F3N5O3/c21-20(22,23)18(14-5-2-1-3-6-14)31-19(30)28-11-9-15(10-12-28)25-17(29)8-4-7-16-13-24-27-26-16/h1-3,5-6,13,15,18H,4,7-12H2,(H,25,29)(H,24,26,27). The lowest BCUT2D eigenvalue weighted by atomic mass is 10.0. The van der Waals surface area contributed by atoms with Crippen LogP contribution in [0.3, 0.4) is 0 Å². The van der Waals surface area contributed by atoms with Crippen LogP contribution in [-0.4, -0.2) is 57.6 Å². The van der Waals surface area contributed by atoms with E-state index in [0.717, 1.165) is 5.69 Å². The first-order chi connectivity index (χ1) is 14.8. The van der Waals surface area contributed by atoms with Crippen molar-refractivity contribution in [3.8, 4) is 0 Å². The maximum atomic E-state index is 13.4. The Morgan fingerprint density at radius 3 is 2.55 bits per heavy atom. The van der Waals surface area contributed by atoms with E-state index >= 15 is 0 Å². The van der Waals surface area contributed by atoms with E-state index < -0.39 is 18.4 Å². The zero-order valence-electron chi connectivity index (χ0n) is 16.8. The van der Waals surface area contributed by atoms with Crippen molar-refractivity contribution < 1.29 is 27.5 Å². The van der Waals surface area contributed by atoms with Gasteiger partial charge in [-0.2, -0.15) is 28.6 Å². The van der Waals surface area contributed by atoms with Gasteiger partial charge in [0.15, 0.2) is 0 Å². The first kappa shape index (κ1) is 22.6. The van der Waals surface area contributed by atoms with Gasteiger partial charge in [-0.1, -0.05) is 30.3 Å². The minimum Gasteiger partial charge on any atom is -0.431 e. The summed E-state index contributed by atoms with van der Waals surface area (Å²) in [6.07, 6.45) is -3.94. The number of ether oxygens (including phenoxy) is 1. The third-order valence-electron chi connectivity index (χ3n) is 5.04. The van der Waals surface area contributed by atoms with E-state index in [9.17, 15) is 22.8 Å². The molecular weight excluding hydrogens is 415 g/mol. The van der Waals surface area contributed by atoms with Crippen LogP contribution in [0.5, 0.6) is 0 Å². The van der Waals surface area contributed by atoms with Gasteiger partial charge >= 0.3 is 12.3 Å². The van der Waals surface area contributed by atoms with Crippen molar-refractivity contribution in [3.05, 3.63) is 47.8 Å². The van der Waals surface area contributed by atoms with Crippen LogP contribution in [-0.2, 0) is 16.0 Å². The normalized spacial score (nSPS) is 16.0. The molecule has 2 amide bonds. The smallest absolute Gasteiger partial charge is 0.429 e. The van der Waals surface area contributed by atoms with Crippen molar-refractivity contribution >= 4 is 12.0 Å². The first-order valence-corrected chi connectivity index (χ1v) is 10.0. The quantitative estimate of drug-likeness (QED) is 0.690. The highest BCUT2D eigenvalue weighted by molar-refractivity contribution is 5.76. The number of piperidine rings is 1. The van der Waals surface area contributed by atoms with Crippen LogP contribution in [0, 0.1) is 0 Å². The first-order valence-electron chi connectivity index (χ1n) is 10.0. The Kier molecular flexibility index (Phi) is 7.48. The second kappa shape index (κ2) is 10.3. The van der Waals surface area contributed by atoms with Gasteiger partial charge in [0.25, 0.3) is 0 Å². The molecule has 11 heteroatoms. The van der Waals surface area contributed by atoms with Crippen LogP contribution >= 0.6 is 0 Å². The molecular formula is C20H24F3N5O3. The zero-order chi connectivity index (χ0) is 22.3. The van der Waals surface area contributed by atoms with Crippen LogP contribution in [0.4, 0.5) is 18.0 Å². The van der Waals surface area contributed by atoms with Gasteiger partial charge in [0.1, 0.15) is 0 Å². The summed E-state index contributed by atoms with van der Waals surface area (Å²) in [5, 5.41) is 13.0. The number of rotatable bonds is 7. The van der Waals surface area contributed by atoms with Crippen molar-refractivity contribution in [2.45, 2.75) is 50.4 Å². The van der Waals surface area contributed by atoms with Gasteiger partial charge in [0.05, 0.1) is 11.9 Å². The summed E-state index contributed by atoms with van der Waals surface area (Å²) in [6, 6.07) is 6.93. The number of amides is 2. The number of alkyl halides is 3. The molecule has 1 aliphatic rings. The van der Waals surface area contributed by atoms with Gasteiger partial charge in [-0.15, -0.1) is 0 Å². The average molecular weight is 439 g/mol.